The van der Waals surface area contributed by atoms with Gasteiger partial charge in [0.2, 0.25) is 0 Å². The minimum atomic E-state index is 0.187. The highest BCUT2D eigenvalue weighted by Gasteiger charge is 2.09. The van der Waals surface area contributed by atoms with Crippen LogP contribution in [0.3, 0.4) is 0 Å². The van der Waals surface area contributed by atoms with Gasteiger partial charge >= 0.3 is 0 Å². The molecule has 0 radical (unpaired) electrons. The second-order valence-electron chi connectivity index (χ2n) is 4.62. The fourth-order valence-electron chi connectivity index (χ4n) is 2.21. The highest BCUT2D eigenvalue weighted by atomic mass is 35.5. The monoisotopic (exact) mass is 274 g/mol. The number of rotatable bonds is 4. The summed E-state index contributed by atoms with van der Waals surface area (Å²) in [7, 11) is 0. The van der Waals surface area contributed by atoms with Crippen molar-refractivity contribution in [2.75, 3.05) is 0 Å². The summed E-state index contributed by atoms with van der Waals surface area (Å²) in [4.78, 5) is 3.24. The summed E-state index contributed by atoms with van der Waals surface area (Å²) >= 11 is 5.97. The molecular formula is C15H15ClN2O. The van der Waals surface area contributed by atoms with E-state index < -0.39 is 0 Å². The number of hydrogen-bond acceptors (Lipinski definition) is 2. The molecule has 2 heterocycles. The predicted octanol–water partition coefficient (Wildman–Crippen LogP) is 4.27. The number of nitrogens with one attached hydrogen (secondary N) is 2. The van der Waals surface area contributed by atoms with Gasteiger partial charge in [0.1, 0.15) is 5.76 Å². The van der Waals surface area contributed by atoms with Crippen LogP contribution in [0.4, 0.5) is 0 Å². The molecule has 0 aliphatic heterocycles. The van der Waals surface area contributed by atoms with Crippen LogP contribution in [0, 0.1) is 0 Å². The van der Waals surface area contributed by atoms with Gasteiger partial charge in [-0.25, -0.2) is 0 Å². The summed E-state index contributed by atoms with van der Waals surface area (Å²) in [5.41, 5.74) is 2.29. The minimum Gasteiger partial charge on any atom is -0.468 e. The topological polar surface area (TPSA) is 41.0 Å². The molecule has 4 heteroatoms. The Balaban J connectivity index is 1.75. The van der Waals surface area contributed by atoms with Gasteiger partial charge in [0, 0.05) is 28.7 Å². The van der Waals surface area contributed by atoms with Crippen LogP contribution in [0.5, 0.6) is 0 Å². The van der Waals surface area contributed by atoms with E-state index in [4.69, 9.17) is 16.0 Å². The molecule has 98 valence electrons. The second-order valence-corrected chi connectivity index (χ2v) is 5.06. The first-order valence-electron chi connectivity index (χ1n) is 6.26. The molecule has 0 saturated heterocycles. The quantitative estimate of drug-likeness (QED) is 0.746. The Kier molecular flexibility index (Phi) is 3.32. The van der Waals surface area contributed by atoms with E-state index in [2.05, 4.69) is 17.2 Å². The van der Waals surface area contributed by atoms with E-state index in [9.17, 15) is 0 Å². The number of furan rings is 1. The zero-order chi connectivity index (χ0) is 13.2. The van der Waals surface area contributed by atoms with Gasteiger partial charge in [-0.15, -0.1) is 0 Å². The molecule has 19 heavy (non-hydrogen) atoms. The molecule has 3 nitrogen and oxygen atoms in total. The van der Waals surface area contributed by atoms with Crippen LogP contribution in [0.25, 0.3) is 10.9 Å². The molecule has 1 aromatic carbocycles. The maximum atomic E-state index is 5.97. The lowest BCUT2D eigenvalue weighted by Gasteiger charge is -2.10. The Morgan fingerprint density at radius 3 is 3.05 bits per heavy atom. The largest absolute Gasteiger partial charge is 0.468 e. The Morgan fingerprint density at radius 2 is 2.26 bits per heavy atom. The van der Waals surface area contributed by atoms with Crippen LogP contribution in [0.2, 0.25) is 5.02 Å². The number of fused-ring (bicyclic) bond motifs is 1. The molecular weight excluding hydrogens is 260 g/mol. The Labute approximate surface area is 116 Å². The van der Waals surface area contributed by atoms with Crippen molar-refractivity contribution in [3.63, 3.8) is 0 Å². The van der Waals surface area contributed by atoms with E-state index in [1.807, 2.05) is 36.5 Å². The smallest absolute Gasteiger partial charge is 0.120 e. The maximum absolute atomic E-state index is 5.97. The average molecular weight is 275 g/mol. The normalized spacial score (nSPS) is 12.9. The van der Waals surface area contributed by atoms with E-state index in [0.29, 0.717) is 0 Å². The molecule has 2 aromatic heterocycles. The molecule has 0 fully saturated rings. The Bertz CT molecular complexity index is 673. The molecule has 0 amide bonds. The zero-order valence-corrected chi connectivity index (χ0v) is 11.4. The molecule has 0 bridgehead atoms. The molecule has 1 atom stereocenters. The minimum absolute atomic E-state index is 0.187. The summed E-state index contributed by atoms with van der Waals surface area (Å²) in [6.45, 7) is 2.87. The van der Waals surface area contributed by atoms with E-state index in [0.717, 1.165) is 22.8 Å². The second kappa shape index (κ2) is 5.11. The first-order valence-corrected chi connectivity index (χ1v) is 6.64. The van der Waals surface area contributed by atoms with Crippen molar-refractivity contribution in [2.45, 2.75) is 19.5 Å². The molecule has 0 aliphatic carbocycles. The third-order valence-electron chi connectivity index (χ3n) is 3.30. The zero-order valence-electron chi connectivity index (χ0n) is 10.6. The van der Waals surface area contributed by atoms with Gasteiger partial charge in [0.05, 0.1) is 12.3 Å². The Hall–Kier alpha value is -1.71. The predicted molar refractivity (Wildman–Crippen MR) is 77.3 cm³/mol. The molecule has 3 rings (SSSR count). The lowest BCUT2D eigenvalue weighted by atomic mass is 10.1. The van der Waals surface area contributed by atoms with E-state index in [1.54, 1.807) is 6.26 Å². The van der Waals surface area contributed by atoms with Gasteiger partial charge in [-0.3, -0.25) is 0 Å². The summed E-state index contributed by atoms with van der Waals surface area (Å²) in [5, 5.41) is 5.39. The van der Waals surface area contributed by atoms with Crippen LogP contribution in [-0.2, 0) is 6.54 Å². The van der Waals surface area contributed by atoms with Crippen LogP contribution in [0.15, 0.2) is 47.2 Å². The number of aromatic amines is 1. The summed E-state index contributed by atoms with van der Waals surface area (Å²) in [5.74, 6) is 0.947. The number of H-pyrrole nitrogens is 1. The number of aromatic nitrogens is 1. The Morgan fingerprint density at radius 1 is 1.37 bits per heavy atom. The van der Waals surface area contributed by atoms with Gasteiger partial charge in [0.25, 0.3) is 0 Å². The van der Waals surface area contributed by atoms with Crippen LogP contribution in [0.1, 0.15) is 24.3 Å². The lowest BCUT2D eigenvalue weighted by molar-refractivity contribution is 0.430. The van der Waals surface area contributed by atoms with Crippen LogP contribution in [-0.4, -0.2) is 4.98 Å². The van der Waals surface area contributed by atoms with Crippen LogP contribution < -0.4 is 5.32 Å². The number of halogens is 1. The molecule has 3 aromatic rings. The molecule has 2 N–H and O–H groups in total. The summed E-state index contributed by atoms with van der Waals surface area (Å²) in [6.07, 6.45) is 3.71. The fraction of sp³-hybridized carbons (Fsp3) is 0.200. The summed E-state index contributed by atoms with van der Waals surface area (Å²) < 4.78 is 5.38. The molecule has 0 aliphatic rings. The molecule has 0 saturated carbocycles. The van der Waals surface area contributed by atoms with Gasteiger partial charge in [-0.05, 0) is 36.8 Å². The number of hydrogen-bond donors (Lipinski definition) is 2. The SMILES string of the molecule is C[C@@H](NCc1c[nH]c2cc(Cl)ccc12)c1ccco1. The lowest BCUT2D eigenvalue weighted by Crippen LogP contribution is -2.17. The van der Waals surface area contributed by atoms with E-state index in [-0.39, 0.29) is 6.04 Å². The third kappa shape index (κ3) is 2.53. The van der Waals surface area contributed by atoms with Crippen molar-refractivity contribution in [2.24, 2.45) is 0 Å². The van der Waals surface area contributed by atoms with Gasteiger partial charge < -0.3 is 14.7 Å². The van der Waals surface area contributed by atoms with Gasteiger partial charge in [-0.1, -0.05) is 17.7 Å². The molecule has 0 spiro atoms. The van der Waals surface area contributed by atoms with Crippen LogP contribution >= 0.6 is 11.6 Å². The first-order chi connectivity index (χ1) is 9.24. The fourth-order valence-corrected chi connectivity index (χ4v) is 2.38. The van der Waals surface area contributed by atoms with Gasteiger partial charge in [-0.2, -0.15) is 0 Å². The van der Waals surface area contributed by atoms with E-state index in [1.165, 1.54) is 10.9 Å². The maximum Gasteiger partial charge on any atom is 0.120 e. The van der Waals surface area contributed by atoms with Crippen molar-refractivity contribution in [1.82, 2.24) is 10.3 Å². The van der Waals surface area contributed by atoms with Gasteiger partial charge in [0.15, 0.2) is 0 Å². The highest BCUT2D eigenvalue weighted by molar-refractivity contribution is 6.31. The molecule has 0 unspecified atom stereocenters. The standard InChI is InChI=1S/C15H15ClN2O/c1-10(15-3-2-6-19-15)17-8-11-9-18-14-7-12(16)4-5-13(11)14/h2-7,9-10,17-18H,8H2,1H3/t10-/m1/s1. The van der Waals surface area contributed by atoms with E-state index >= 15 is 0 Å². The van der Waals surface area contributed by atoms with Crippen molar-refractivity contribution in [3.05, 3.63) is 59.1 Å². The first kappa shape index (κ1) is 12.3. The average Bonchev–Trinajstić information content (AvgIpc) is 3.05. The third-order valence-corrected chi connectivity index (χ3v) is 3.53. The highest BCUT2D eigenvalue weighted by Crippen LogP contribution is 2.22. The van der Waals surface area contributed by atoms with Crippen molar-refractivity contribution in [1.29, 1.82) is 0 Å². The van der Waals surface area contributed by atoms with Crippen molar-refractivity contribution >= 4 is 22.5 Å². The van der Waals surface area contributed by atoms with Crippen molar-refractivity contribution in [3.8, 4) is 0 Å². The van der Waals surface area contributed by atoms with Crippen molar-refractivity contribution < 1.29 is 4.42 Å². The summed E-state index contributed by atoms with van der Waals surface area (Å²) in [6, 6.07) is 9.97. The number of benzene rings is 1.